The van der Waals surface area contributed by atoms with Crippen molar-refractivity contribution in [3.8, 4) is 0 Å². The van der Waals surface area contributed by atoms with E-state index in [9.17, 15) is 18.0 Å². The Morgan fingerprint density at radius 1 is 1.12 bits per heavy atom. The minimum absolute atomic E-state index is 0.142. The van der Waals surface area contributed by atoms with Gasteiger partial charge in [-0.2, -0.15) is 13.2 Å². The summed E-state index contributed by atoms with van der Waals surface area (Å²) in [7, 11) is 0. The number of alkyl halides is 3. The molecule has 7 nitrogen and oxygen atoms in total. The molecule has 172 valence electrons. The third-order valence-electron chi connectivity index (χ3n) is 6.11. The number of fused-ring (bicyclic) bond motifs is 3. The molecule has 3 aromatic rings. The number of nitrogen functional groups attached to an aromatic ring is 1. The van der Waals surface area contributed by atoms with Gasteiger partial charge in [0.15, 0.2) is 0 Å². The van der Waals surface area contributed by atoms with Crippen LogP contribution in [0.3, 0.4) is 0 Å². The maximum absolute atomic E-state index is 13.6. The van der Waals surface area contributed by atoms with Crippen molar-refractivity contribution in [1.82, 2.24) is 14.9 Å². The highest BCUT2D eigenvalue weighted by atomic mass is 19.4. The quantitative estimate of drug-likeness (QED) is 0.627. The monoisotopic (exact) mass is 458 g/mol. The zero-order valence-corrected chi connectivity index (χ0v) is 17.7. The van der Waals surface area contributed by atoms with Gasteiger partial charge in [-0.1, -0.05) is 0 Å². The van der Waals surface area contributed by atoms with E-state index in [0.29, 0.717) is 42.4 Å². The molecule has 1 amide bonds. The molecule has 5 rings (SSSR count). The van der Waals surface area contributed by atoms with Gasteiger partial charge in [-0.3, -0.25) is 9.78 Å². The van der Waals surface area contributed by atoms with Crippen molar-refractivity contribution in [2.45, 2.75) is 38.4 Å². The molecule has 2 N–H and O–H groups in total. The van der Waals surface area contributed by atoms with Gasteiger partial charge in [0, 0.05) is 22.7 Å². The van der Waals surface area contributed by atoms with Crippen LogP contribution in [0.5, 0.6) is 0 Å². The van der Waals surface area contributed by atoms with Crippen molar-refractivity contribution in [2.24, 2.45) is 0 Å². The van der Waals surface area contributed by atoms with Crippen LogP contribution >= 0.6 is 0 Å². The van der Waals surface area contributed by atoms with Gasteiger partial charge < -0.3 is 20.1 Å². The number of benzene rings is 1. The van der Waals surface area contributed by atoms with E-state index in [1.807, 2.05) is 6.92 Å². The Bertz CT molecular complexity index is 1230. The summed E-state index contributed by atoms with van der Waals surface area (Å²) in [6.45, 7) is 3.07. The van der Waals surface area contributed by atoms with Crippen molar-refractivity contribution in [3.63, 3.8) is 0 Å². The molecule has 2 aliphatic rings. The number of morpholine rings is 1. The molecule has 0 unspecified atom stereocenters. The molecule has 2 atom stereocenters. The lowest BCUT2D eigenvalue weighted by Gasteiger charge is -2.40. The normalized spacial score (nSPS) is 20.8. The number of carbonyl (C=O) groups excluding carboxylic acids is 1. The average molecular weight is 458 g/mol. The van der Waals surface area contributed by atoms with Gasteiger partial charge in [0.05, 0.1) is 55.3 Å². The van der Waals surface area contributed by atoms with E-state index in [-0.39, 0.29) is 18.6 Å². The third-order valence-corrected chi connectivity index (χ3v) is 6.11. The van der Waals surface area contributed by atoms with Gasteiger partial charge in [0.1, 0.15) is 5.82 Å². The van der Waals surface area contributed by atoms with Crippen LogP contribution in [0.1, 0.15) is 45.7 Å². The summed E-state index contributed by atoms with van der Waals surface area (Å²) in [4.78, 5) is 23.7. The fourth-order valence-electron chi connectivity index (χ4n) is 4.41. The van der Waals surface area contributed by atoms with Gasteiger partial charge in [-0.25, -0.2) is 4.98 Å². The summed E-state index contributed by atoms with van der Waals surface area (Å²) in [5.74, 6) is 0.160. The van der Waals surface area contributed by atoms with Crippen LogP contribution in [0, 0.1) is 0 Å². The molecule has 2 aromatic heterocycles. The van der Waals surface area contributed by atoms with Gasteiger partial charge >= 0.3 is 6.18 Å². The maximum Gasteiger partial charge on any atom is 0.417 e. The van der Waals surface area contributed by atoms with Crippen molar-refractivity contribution < 1.29 is 27.4 Å². The number of nitrogens with two attached hydrogens (primary N) is 1. The molecule has 0 saturated carbocycles. The van der Waals surface area contributed by atoms with Gasteiger partial charge in [0.25, 0.3) is 5.91 Å². The molecule has 0 bridgehead atoms. The number of aromatic nitrogens is 2. The summed E-state index contributed by atoms with van der Waals surface area (Å²) in [6, 6.07) is 6.56. The molecular formula is C23H21F3N4O3. The molecule has 4 heterocycles. The van der Waals surface area contributed by atoms with E-state index < -0.39 is 17.8 Å². The number of hydrogen-bond donors (Lipinski definition) is 1. The van der Waals surface area contributed by atoms with Gasteiger partial charge in [-0.05, 0) is 42.8 Å². The number of carbonyl (C=O) groups is 1. The van der Waals surface area contributed by atoms with E-state index in [2.05, 4.69) is 9.97 Å². The molecule has 0 aliphatic carbocycles. The first-order chi connectivity index (χ1) is 15.7. The Hall–Kier alpha value is -3.24. The predicted molar refractivity (Wildman–Crippen MR) is 113 cm³/mol. The standard InChI is InChI=1S/C23H21F3N4O3/c1-12-8-32-11-20(19-5-3-14(7-28-19)23(24,25)26)30(12)22(31)13-2-4-18-15(6-13)16-9-33-10-17(16)21(27)29-18/h2-7,12,20H,8-11H2,1H3,(H2,27,29)/t12-,20-/m1/s1. The largest absolute Gasteiger partial charge is 0.417 e. The summed E-state index contributed by atoms with van der Waals surface area (Å²) < 4.78 is 50.0. The summed E-state index contributed by atoms with van der Waals surface area (Å²) >= 11 is 0. The minimum Gasteiger partial charge on any atom is -0.383 e. The fraction of sp³-hybridized carbons (Fsp3) is 0.348. The highest BCUT2D eigenvalue weighted by molar-refractivity contribution is 5.99. The lowest BCUT2D eigenvalue weighted by Crippen LogP contribution is -2.49. The topological polar surface area (TPSA) is 90.6 Å². The highest BCUT2D eigenvalue weighted by Crippen LogP contribution is 2.34. The minimum atomic E-state index is -4.48. The van der Waals surface area contributed by atoms with Crippen molar-refractivity contribution in [1.29, 1.82) is 0 Å². The van der Waals surface area contributed by atoms with Crippen LogP contribution in [0.15, 0.2) is 36.5 Å². The Morgan fingerprint density at radius 3 is 2.64 bits per heavy atom. The second kappa shape index (κ2) is 7.96. The van der Waals surface area contributed by atoms with Crippen LogP contribution in [0.25, 0.3) is 10.9 Å². The molecule has 2 aliphatic heterocycles. The van der Waals surface area contributed by atoms with E-state index in [1.54, 1.807) is 23.1 Å². The number of ether oxygens (including phenoxy) is 2. The smallest absolute Gasteiger partial charge is 0.383 e. The van der Waals surface area contributed by atoms with E-state index in [1.165, 1.54) is 6.07 Å². The summed E-state index contributed by atoms with van der Waals surface area (Å²) in [5, 5.41) is 0.799. The summed E-state index contributed by atoms with van der Waals surface area (Å²) in [6.07, 6.45) is -3.70. The van der Waals surface area contributed by atoms with E-state index in [0.717, 1.165) is 28.8 Å². The van der Waals surface area contributed by atoms with Crippen LogP contribution < -0.4 is 5.73 Å². The first kappa shape index (κ1) is 21.6. The summed E-state index contributed by atoms with van der Waals surface area (Å²) in [5.41, 5.74) is 8.39. The van der Waals surface area contributed by atoms with Crippen molar-refractivity contribution in [2.75, 3.05) is 18.9 Å². The lowest BCUT2D eigenvalue weighted by molar-refractivity contribution is -0.137. The van der Waals surface area contributed by atoms with Crippen LogP contribution in [-0.4, -0.2) is 40.0 Å². The number of halogens is 3. The van der Waals surface area contributed by atoms with Crippen LogP contribution in [-0.2, 0) is 28.9 Å². The Balaban J connectivity index is 1.51. The van der Waals surface area contributed by atoms with Crippen molar-refractivity contribution >= 4 is 22.6 Å². The number of pyridine rings is 2. The first-order valence-corrected chi connectivity index (χ1v) is 10.5. The van der Waals surface area contributed by atoms with E-state index >= 15 is 0 Å². The number of hydrogen-bond acceptors (Lipinski definition) is 6. The maximum atomic E-state index is 13.6. The molecule has 1 fully saturated rings. The number of rotatable bonds is 2. The molecular weight excluding hydrogens is 437 g/mol. The average Bonchev–Trinajstić information content (AvgIpc) is 3.29. The van der Waals surface area contributed by atoms with Crippen LogP contribution in [0.4, 0.5) is 19.0 Å². The second-order valence-electron chi connectivity index (χ2n) is 8.26. The third kappa shape index (κ3) is 3.79. The predicted octanol–water partition coefficient (Wildman–Crippen LogP) is 3.86. The molecule has 1 aromatic carbocycles. The number of anilines is 1. The fourth-order valence-corrected chi connectivity index (χ4v) is 4.41. The Kier molecular flexibility index (Phi) is 5.21. The SMILES string of the molecule is C[C@@H]1COC[C@H](c2ccc(C(F)(F)F)cn2)N1C(=O)c1ccc2nc(N)c3c(c2c1)COC3. The Morgan fingerprint density at radius 2 is 1.91 bits per heavy atom. The van der Waals surface area contributed by atoms with E-state index in [4.69, 9.17) is 15.2 Å². The zero-order chi connectivity index (χ0) is 23.3. The highest BCUT2D eigenvalue weighted by Gasteiger charge is 2.36. The Labute approximate surface area is 187 Å². The number of amides is 1. The number of nitrogens with zero attached hydrogens (tertiary/aromatic N) is 3. The van der Waals surface area contributed by atoms with Crippen molar-refractivity contribution in [3.05, 3.63) is 64.5 Å². The molecule has 1 saturated heterocycles. The van der Waals surface area contributed by atoms with Gasteiger partial charge in [-0.15, -0.1) is 0 Å². The zero-order valence-electron chi connectivity index (χ0n) is 17.7. The van der Waals surface area contributed by atoms with Gasteiger partial charge in [0.2, 0.25) is 0 Å². The molecule has 33 heavy (non-hydrogen) atoms. The van der Waals surface area contributed by atoms with Crippen LogP contribution in [0.2, 0.25) is 0 Å². The molecule has 0 spiro atoms. The first-order valence-electron chi connectivity index (χ1n) is 10.5. The molecule has 0 radical (unpaired) electrons. The second-order valence-corrected chi connectivity index (χ2v) is 8.26. The lowest BCUT2D eigenvalue weighted by atomic mass is 10.0. The molecule has 10 heteroatoms.